The maximum absolute atomic E-state index is 11.7. The van der Waals surface area contributed by atoms with Crippen LogP contribution in [0.2, 0.25) is 0 Å². The van der Waals surface area contributed by atoms with Gasteiger partial charge in [0.25, 0.3) is 0 Å². The van der Waals surface area contributed by atoms with Crippen LogP contribution in [0.25, 0.3) is 0 Å². The zero-order valence-electron chi connectivity index (χ0n) is 22.5. The van der Waals surface area contributed by atoms with Gasteiger partial charge in [-0.1, -0.05) is 54.1 Å². The molecule has 0 saturated heterocycles. The number of aliphatic hydroxyl groups is 1. The van der Waals surface area contributed by atoms with Crippen molar-refractivity contribution in [1.82, 2.24) is 0 Å². The number of carbonyl (C=O) groups excluding carboxylic acids is 3. The first kappa shape index (κ1) is 33.4. The first-order chi connectivity index (χ1) is 19.1. The number of anilines is 3. The molecule has 1 amide bonds. The molecular formula is C28H32ClN3O8. The normalized spacial score (nSPS) is 9.45. The number of nitrogens with zero attached hydrogens (tertiary/aromatic N) is 1. The number of aromatic carboxylic acids is 1. The second kappa shape index (κ2) is 17.8. The number of halogens is 1. The number of hydrogen-bond acceptors (Lipinski definition) is 9. The summed E-state index contributed by atoms with van der Waals surface area (Å²) in [6, 6.07) is 20.3. The van der Waals surface area contributed by atoms with E-state index in [1.165, 1.54) is 19.2 Å². The highest BCUT2D eigenvalue weighted by atomic mass is 35.5. The molecule has 0 atom stereocenters. The number of carboxylic acid groups (broad SMARTS) is 1. The number of esters is 2. The number of alkyl halides is 1. The number of aliphatic hydroxyl groups excluding tert-OH is 1. The van der Waals surface area contributed by atoms with E-state index in [9.17, 15) is 19.2 Å². The van der Waals surface area contributed by atoms with Gasteiger partial charge in [-0.2, -0.15) is 0 Å². The van der Waals surface area contributed by atoms with E-state index in [0.29, 0.717) is 11.3 Å². The molecule has 3 aromatic carbocycles. The highest BCUT2D eigenvalue weighted by Gasteiger charge is 2.21. The van der Waals surface area contributed by atoms with Crippen LogP contribution in [0.4, 0.5) is 21.9 Å². The highest BCUT2D eigenvalue weighted by Crippen LogP contribution is 2.21. The van der Waals surface area contributed by atoms with E-state index in [2.05, 4.69) is 20.1 Å². The maximum Gasteiger partial charge on any atom is 0.415 e. The van der Waals surface area contributed by atoms with Gasteiger partial charge in [-0.05, 0) is 30.3 Å². The number of ether oxygens (including phenoxy) is 2. The summed E-state index contributed by atoms with van der Waals surface area (Å²) >= 11 is 5.29. The monoisotopic (exact) mass is 573 g/mol. The van der Waals surface area contributed by atoms with E-state index in [0.717, 1.165) is 23.1 Å². The standard InChI is InChI=1S/C12H12ClNO5.C8H9NO2.C8H11NO/c1-8(15)19-11(16)9-5-3-4-6-10(9)14(2)12(17)18-7-13;1-9-7-5-3-2-4-6(7)8(10)11;1-9-8-5-3-2-4-7(8)6-10/h3-6H,7H2,1-2H3;2-5,9H,1H3,(H,10,11);2-5,9-10H,6H2,1H3. The molecule has 4 N–H and O–H groups in total. The topological polar surface area (TPSA) is 154 Å². The van der Waals surface area contributed by atoms with E-state index in [-0.39, 0.29) is 23.9 Å². The fourth-order valence-corrected chi connectivity index (χ4v) is 3.25. The Bertz CT molecular complexity index is 1260. The predicted octanol–water partition coefficient (Wildman–Crippen LogP) is 4.81. The molecule has 0 aliphatic rings. The molecule has 3 rings (SSSR count). The third-order valence-electron chi connectivity index (χ3n) is 5.06. The van der Waals surface area contributed by atoms with Crippen molar-refractivity contribution in [1.29, 1.82) is 0 Å². The zero-order chi connectivity index (χ0) is 30.1. The molecule has 0 spiro atoms. The number of nitrogens with one attached hydrogen (secondary N) is 2. The van der Waals surface area contributed by atoms with Gasteiger partial charge in [-0.3, -0.25) is 9.69 Å². The van der Waals surface area contributed by atoms with Crippen molar-refractivity contribution in [3.05, 3.63) is 89.5 Å². The molecule has 0 aliphatic heterocycles. The summed E-state index contributed by atoms with van der Waals surface area (Å²) in [5.41, 5.74) is 3.19. The van der Waals surface area contributed by atoms with Gasteiger partial charge in [-0.15, -0.1) is 0 Å². The van der Waals surface area contributed by atoms with E-state index < -0.39 is 24.0 Å². The summed E-state index contributed by atoms with van der Waals surface area (Å²) in [6.45, 7) is 1.21. The van der Waals surface area contributed by atoms with Crippen LogP contribution in [0, 0.1) is 0 Å². The molecule has 0 unspecified atom stereocenters. The predicted molar refractivity (Wildman–Crippen MR) is 153 cm³/mol. The minimum atomic E-state index is -0.907. The molecule has 0 bridgehead atoms. The van der Waals surface area contributed by atoms with Crippen molar-refractivity contribution >= 4 is 52.7 Å². The van der Waals surface area contributed by atoms with Crippen LogP contribution < -0.4 is 15.5 Å². The molecule has 12 heteroatoms. The molecule has 0 radical (unpaired) electrons. The van der Waals surface area contributed by atoms with Crippen LogP contribution >= 0.6 is 11.6 Å². The van der Waals surface area contributed by atoms with Crippen LogP contribution in [-0.4, -0.2) is 61.4 Å². The van der Waals surface area contributed by atoms with Gasteiger partial charge in [0.05, 0.1) is 23.4 Å². The Kier molecular flexibility index (Phi) is 14.9. The van der Waals surface area contributed by atoms with Crippen molar-refractivity contribution in [2.75, 3.05) is 42.7 Å². The first-order valence-electron chi connectivity index (χ1n) is 11.8. The lowest BCUT2D eigenvalue weighted by Crippen LogP contribution is -2.28. The third-order valence-corrected chi connectivity index (χ3v) is 5.17. The summed E-state index contributed by atoms with van der Waals surface area (Å²) in [5.74, 6) is -2.48. The molecular weight excluding hydrogens is 542 g/mol. The molecule has 3 aromatic rings. The summed E-state index contributed by atoms with van der Waals surface area (Å²) in [5, 5.41) is 23.2. The second-order valence-electron chi connectivity index (χ2n) is 7.64. The minimum Gasteiger partial charge on any atom is -0.478 e. The van der Waals surface area contributed by atoms with Gasteiger partial charge in [0.15, 0.2) is 6.07 Å². The van der Waals surface area contributed by atoms with Crippen LogP contribution in [-0.2, 0) is 20.9 Å². The summed E-state index contributed by atoms with van der Waals surface area (Å²) < 4.78 is 9.09. The number of hydrogen-bond donors (Lipinski definition) is 4. The quantitative estimate of drug-likeness (QED) is 0.176. The SMILES string of the molecule is CC(=O)OC(=O)c1ccccc1N(C)C(=O)OCCl.CNc1ccccc1C(=O)O.CNc1ccccc1CO. The van der Waals surface area contributed by atoms with Gasteiger partial charge in [-0.25, -0.2) is 14.4 Å². The van der Waals surface area contributed by atoms with Gasteiger partial charge >= 0.3 is 24.0 Å². The zero-order valence-corrected chi connectivity index (χ0v) is 23.3. The summed E-state index contributed by atoms with van der Waals surface area (Å²) in [7, 11) is 4.95. The Labute approximate surface area is 237 Å². The molecule has 0 saturated carbocycles. The molecule has 0 aromatic heterocycles. The lowest BCUT2D eigenvalue weighted by Gasteiger charge is -2.18. The number of rotatable bonds is 7. The maximum atomic E-state index is 11.7. The lowest BCUT2D eigenvalue weighted by atomic mass is 10.1. The fourth-order valence-electron chi connectivity index (χ4n) is 3.16. The molecule has 11 nitrogen and oxygen atoms in total. The smallest absolute Gasteiger partial charge is 0.415 e. The third kappa shape index (κ3) is 10.6. The Hall–Kier alpha value is -4.61. The van der Waals surface area contributed by atoms with Gasteiger partial charge in [0.2, 0.25) is 0 Å². The van der Waals surface area contributed by atoms with Crippen molar-refractivity contribution in [2.24, 2.45) is 0 Å². The molecule has 0 aliphatic carbocycles. The Morgan fingerprint density at radius 3 is 1.85 bits per heavy atom. The fraction of sp³-hybridized carbons (Fsp3) is 0.214. The van der Waals surface area contributed by atoms with E-state index in [1.54, 1.807) is 43.4 Å². The molecule has 40 heavy (non-hydrogen) atoms. The lowest BCUT2D eigenvalue weighted by molar-refractivity contribution is -0.135. The van der Waals surface area contributed by atoms with Gasteiger partial charge in [0, 0.05) is 45.0 Å². The number of carboxylic acids is 1. The Morgan fingerprint density at radius 1 is 0.850 bits per heavy atom. The second-order valence-corrected chi connectivity index (χ2v) is 7.86. The summed E-state index contributed by atoms with van der Waals surface area (Å²) in [6.07, 6.45) is -0.724. The Balaban J connectivity index is 0.000000323. The number of amides is 1. The highest BCUT2D eigenvalue weighted by molar-refractivity contribution is 6.17. The summed E-state index contributed by atoms with van der Waals surface area (Å²) in [4.78, 5) is 45.7. The minimum absolute atomic E-state index is 0.0757. The number of benzene rings is 3. The van der Waals surface area contributed by atoms with Crippen molar-refractivity contribution in [3.63, 3.8) is 0 Å². The van der Waals surface area contributed by atoms with Gasteiger partial charge in [0.1, 0.15) is 0 Å². The van der Waals surface area contributed by atoms with E-state index in [4.69, 9.17) is 21.8 Å². The van der Waals surface area contributed by atoms with Gasteiger partial charge < -0.3 is 30.3 Å². The largest absolute Gasteiger partial charge is 0.478 e. The average Bonchev–Trinajstić information content (AvgIpc) is 2.97. The molecule has 214 valence electrons. The molecule has 0 fully saturated rings. The van der Waals surface area contributed by atoms with Crippen molar-refractivity contribution in [2.45, 2.75) is 13.5 Å². The van der Waals surface area contributed by atoms with Crippen LogP contribution in [0.1, 0.15) is 33.2 Å². The Morgan fingerprint density at radius 2 is 1.38 bits per heavy atom. The average molecular weight is 574 g/mol. The van der Waals surface area contributed by atoms with Crippen molar-refractivity contribution in [3.8, 4) is 0 Å². The van der Waals surface area contributed by atoms with E-state index in [1.807, 2.05) is 31.3 Å². The van der Waals surface area contributed by atoms with Crippen LogP contribution in [0.3, 0.4) is 0 Å². The van der Waals surface area contributed by atoms with Crippen LogP contribution in [0.15, 0.2) is 72.8 Å². The first-order valence-corrected chi connectivity index (χ1v) is 12.3. The number of carbonyl (C=O) groups is 4. The number of para-hydroxylation sites is 3. The molecule has 0 heterocycles. The van der Waals surface area contributed by atoms with E-state index >= 15 is 0 Å². The van der Waals surface area contributed by atoms with Crippen molar-refractivity contribution < 1.29 is 38.9 Å². The van der Waals surface area contributed by atoms with Crippen LogP contribution in [0.5, 0.6) is 0 Å².